The first-order valence-electron chi connectivity index (χ1n) is 4.89. The summed E-state index contributed by atoms with van der Waals surface area (Å²) in [7, 11) is 0. The highest BCUT2D eigenvalue weighted by molar-refractivity contribution is 8.14. The number of nitrogens with two attached hydrogens (primary N) is 1. The number of anilines is 1. The number of carbonyl (C=O) groups excluding carboxylic acids is 1. The molecule has 0 saturated carbocycles. The van der Waals surface area contributed by atoms with E-state index in [1.807, 2.05) is 42.5 Å². The van der Waals surface area contributed by atoms with Crippen LogP contribution >= 0.6 is 11.8 Å². The summed E-state index contributed by atoms with van der Waals surface area (Å²) in [5, 5.41) is -0.0238. The number of thioether (sulfide) groups is 1. The average Bonchev–Trinajstić information content (AvgIpc) is 2.31. The van der Waals surface area contributed by atoms with Gasteiger partial charge in [-0.2, -0.15) is 0 Å². The minimum atomic E-state index is -0.0238. The predicted molar refractivity (Wildman–Crippen MR) is 67.5 cm³/mol. The van der Waals surface area contributed by atoms with Crippen LogP contribution in [-0.2, 0) is 0 Å². The molecule has 2 aromatic rings. The third kappa shape index (κ3) is 2.44. The molecule has 2 aromatic carbocycles. The lowest BCUT2D eigenvalue weighted by atomic mass is 10.2. The number of carbonyl (C=O) groups is 1. The zero-order valence-corrected chi connectivity index (χ0v) is 9.41. The molecule has 0 heterocycles. The number of para-hydroxylation sites is 1. The zero-order valence-electron chi connectivity index (χ0n) is 8.59. The highest BCUT2D eigenvalue weighted by Gasteiger charge is 2.10. The van der Waals surface area contributed by atoms with Crippen LogP contribution in [0.5, 0.6) is 0 Å². The van der Waals surface area contributed by atoms with Crippen molar-refractivity contribution in [2.45, 2.75) is 4.90 Å². The molecule has 0 fully saturated rings. The summed E-state index contributed by atoms with van der Waals surface area (Å²) < 4.78 is 0. The van der Waals surface area contributed by atoms with E-state index in [2.05, 4.69) is 0 Å². The number of hydrogen-bond donors (Lipinski definition) is 1. The normalized spacial score (nSPS) is 10.0. The van der Waals surface area contributed by atoms with Crippen LogP contribution in [-0.4, -0.2) is 5.12 Å². The van der Waals surface area contributed by atoms with Crippen LogP contribution in [0.2, 0.25) is 0 Å². The fourth-order valence-electron chi connectivity index (χ4n) is 1.33. The monoisotopic (exact) mass is 229 g/mol. The minimum absolute atomic E-state index is 0.0238. The summed E-state index contributed by atoms with van der Waals surface area (Å²) in [5.41, 5.74) is 6.83. The summed E-state index contributed by atoms with van der Waals surface area (Å²) in [6, 6.07) is 16.7. The Kier molecular flexibility index (Phi) is 3.27. The summed E-state index contributed by atoms with van der Waals surface area (Å²) in [5.74, 6) is 0. The molecule has 0 spiro atoms. The van der Waals surface area contributed by atoms with Crippen LogP contribution in [0.25, 0.3) is 0 Å². The molecule has 0 aliphatic rings. The van der Waals surface area contributed by atoms with E-state index in [9.17, 15) is 4.79 Å². The van der Waals surface area contributed by atoms with E-state index in [1.54, 1.807) is 12.1 Å². The summed E-state index contributed by atoms with van der Waals surface area (Å²) in [6.07, 6.45) is 0. The molecule has 0 amide bonds. The van der Waals surface area contributed by atoms with Crippen molar-refractivity contribution < 1.29 is 4.79 Å². The van der Waals surface area contributed by atoms with Gasteiger partial charge in [0.15, 0.2) is 0 Å². The summed E-state index contributed by atoms with van der Waals surface area (Å²) in [6.45, 7) is 0. The van der Waals surface area contributed by atoms with E-state index in [0.29, 0.717) is 11.3 Å². The maximum atomic E-state index is 11.9. The van der Waals surface area contributed by atoms with Crippen LogP contribution < -0.4 is 5.73 Å². The van der Waals surface area contributed by atoms with Crippen molar-refractivity contribution >= 4 is 22.6 Å². The molecule has 0 aliphatic heterocycles. The van der Waals surface area contributed by atoms with Crippen molar-refractivity contribution in [1.29, 1.82) is 0 Å². The van der Waals surface area contributed by atoms with Crippen LogP contribution in [0.4, 0.5) is 5.69 Å². The van der Waals surface area contributed by atoms with Gasteiger partial charge in [0.2, 0.25) is 5.12 Å². The highest BCUT2D eigenvalue weighted by Crippen LogP contribution is 2.24. The van der Waals surface area contributed by atoms with Gasteiger partial charge in [-0.25, -0.2) is 0 Å². The lowest BCUT2D eigenvalue weighted by Crippen LogP contribution is -1.99. The SMILES string of the molecule is Nc1ccccc1C(=O)Sc1ccccc1. The number of rotatable bonds is 2. The maximum absolute atomic E-state index is 11.9. The Morgan fingerprint density at radius 1 is 0.938 bits per heavy atom. The van der Waals surface area contributed by atoms with E-state index in [1.165, 1.54) is 11.8 Å². The Hall–Kier alpha value is -1.74. The first kappa shape index (κ1) is 10.8. The van der Waals surface area contributed by atoms with Gasteiger partial charge in [0.25, 0.3) is 0 Å². The molecular formula is C13H11NOS. The van der Waals surface area contributed by atoms with Gasteiger partial charge >= 0.3 is 0 Å². The standard InChI is InChI=1S/C13H11NOS/c14-12-9-5-4-8-11(12)13(15)16-10-6-2-1-3-7-10/h1-9H,14H2. The third-order valence-corrected chi connectivity index (χ3v) is 3.05. The minimum Gasteiger partial charge on any atom is -0.398 e. The zero-order chi connectivity index (χ0) is 11.4. The molecular weight excluding hydrogens is 218 g/mol. The van der Waals surface area contributed by atoms with Crippen LogP contribution in [0.15, 0.2) is 59.5 Å². The Morgan fingerprint density at radius 3 is 2.25 bits per heavy atom. The highest BCUT2D eigenvalue weighted by atomic mass is 32.2. The van der Waals surface area contributed by atoms with Gasteiger partial charge in [0.1, 0.15) is 0 Å². The van der Waals surface area contributed by atoms with E-state index in [0.717, 1.165) is 4.90 Å². The molecule has 16 heavy (non-hydrogen) atoms. The molecule has 0 radical (unpaired) electrons. The first-order chi connectivity index (χ1) is 7.77. The number of benzene rings is 2. The van der Waals surface area contributed by atoms with Gasteiger partial charge in [-0.05, 0) is 36.0 Å². The topological polar surface area (TPSA) is 43.1 Å². The predicted octanol–water partition coefficient (Wildman–Crippen LogP) is 3.20. The van der Waals surface area contributed by atoms with Crippen molar-refractivity contribution in [3.8, 4) is 0 Å². The van der Waals surface area contributed by atoms with Crippen molar-refractivity contribution in [3.63, 3.8) is 0 Å². The Bertz CT molecular complexity index is 496. The van der Waals surface area contributed by atoms with Gasteiger partial charge in [0.05, 0.1) is 5.56 Å². The van der Waals surface area contributed by atoms with E-state index in [4.69, 9.17) is 5.73 Å². The van der Waals surface area contributed by atoms with Gasteiger partial charge in [-0.15, -0.1) is 0 Å². The van der Waals surface area contributed by atoms with Crippen molar-refractivity contribution in [3.05, 3.63) is 60.2 Å². The summed E-state index contributed by atoms with van der Waals surface area (Å²) in [4.78, 5) is 12.8. The third-order valence-electron chi connectivity index (χ3n) is 2.13. The fraction of sp³-hybridized carbons (Fsp3) is 0. The fourth-order valence-corrected chi connectivity index (χ4v) is 2.14. The van der Waals surface area contributed by atoms with Crippen molar-refractivity contribution in [2.75, 3.05) is 5.73 Å². The molecule has 0 aliphatic carbocycles. The average molecular weight is 229 g/mol. The summed E-state index contributed by atoms with van der Waals surface area (Å²) >= 11 is 1.19. The van der Waals surface area contributed by atoms with E-state index in [-0.39, 0.29) is 5.12 Å². The smallest absolute Gasteiger partial charge is 0.226 e. The second kappa shape index (κ2) is 4.86. The Morgan fingerprint density at radius 2 is 1.56 bits per heavy atom. The molecule has 0 unspecified atom stereocenters. The molecule has 2 N–H and O–H groups in total. The largest absolute Gasteiger partial charge is 0.398 e. The second-order valence-corrected chi connectivity index (χ2v) is 4.34. The molecule has 0 saturated heterocycles. The molecule has 2 nitrogen and oxygen atoms in total. The van der Waals surface area contributed by atoms with Crippen molar-refractivity contribution in [2.24, 2.45) is 0 Å². The van der Waals surface area contributed by atoms with Crippen LogP contribution in [0.3, 0.4) is 0 Å². The van der Waals surface area contributed by atoms with Crippen LogP contribution in [0, 0.1) is 0 Å². The van der Waals surface area contributed by atoms with E-state index >= 15 is 0 Å². The van der Waals surface area contributed by atoms with Crippen LogP contribution in [0.1, 0.15) is 10.4 Å². The molecule has 3 heteroatoms. The van der Waals surface area contributed by atoms with Gasteiger partial charge < -0.3 is 5.73 Å². The lowest BCUT2D eigenvalue weighted by Gasteiger charge is -2.03. The number of nitrogen functional groups attached to an aromatic ring is 1. The number of hydrogen-bond acceptors (Lipinski definition) is 3. The van der Waals surface area contributed by atoms with Gasteiger partial charge in [-0.1, -0.05) is 30.3 Å². The van der Waals surface area contributed by atoms with Crippen molar-refractivity contribution in [1.82, 2.24) is 0 Å². The van der Waals surface area contributed by atoms with E-state index < -0.39 is 0 Å². The quantitative estimate of drug-likeness (QED) is 0.635. The van der Waals surface area contributed by atoms with Gasteiger partial charge in [-0.3, -0.25) is 4.79 Å². The second-order valence-electron chi connectivity index (χ2n) is 3.29. The Balaban J connectivity index is 2.19. The molecule has 0 atom stereocenters. The molecule has 80 valence electrons. The maximum Gasteiger partial charge on any atom is 0.226 e. The lowest BCUT2D eigenvalue weighted by molar-refractivity contribution is 0.109. The van der Waals surface area contributed by atoms with Gasteiger partial charge in [0, 0.05) is 10.6 Å². The Labute approximate surface area is 98.5 Å². The molecule has 0 aromatic heterocycles. The first-order valence-corrected chi connectivity index (χ1v) is 5.71. The molecule has 0 bridgehead atoms. The molecule has 2 rings (SSSR count).